The first-order valence-corrected chi connectivity index (χ1v) is 2.95. The third kappa shape index (κ3) is 11.4. The maximum absolute atomic E-state index is 4.80. The maximum atomic E-state index is 4.80. The molecule has 0 aliphatic rings. The Bertz CT molecular complexity index is 47.0. The lowest BCUT2D eigenvalue weighted by molar-refractivity contribution is -0.337. The lowest BCUT2D eigenvalue weighted by atomic mass is 10.5. The molecule has 0 heterocycles. The minimum Gasteiger partial charge on any atom is -0.344 e. The summed E-state index contributed by atoms with van der Waals surface area (Å²) in [5.74, 6) is 0. The van der Waals surface area contributed by atoms with Crippen LogP contribution in [-0.2, 0) is 9.78 Å². The second-order valence-electron chi connectivity index (χ2n) is 2.29. The Kier molecular flexibility index (Phi) is 7.77. The van der Waals surface area contributed by atoms with Crippen LogP contribution in [0.2, 0.25) is 0 Å². The highest BCUT2D eigenvalue weighted by Crippen LogP contribution is 1.93. The van der Waals surface area contributed by atoms with Gasteiger partial charge in [-0.05, 0) is 27.7 Å². The van der Waals surface area contributed by atoms with Gasteiger partial charge in [-0.1, -0.05) is 0 Å². The molecule has 0 rings (SSSR count). The molecule has 0 amide bonds. The van der Waals surface area contributed by atoms with Gasteiger partial charge < -0.3 is 6.15 Å². The predicted molar refractivity (Wildman–Crippen MR) is 37.5 cm³/mol. The Morgan fingerprint density at radius 3 is 1.11 bits per heavy atom. The van der Waals surface area contributed by atoms with E-state index in [1.54, 1.807) is 0 Å². The van der Waals surface area contributed by atoms with Crippen LogP contribution in [0.15, 0.2) is 0 Å². The van der Waals surface area contributed by atoms with E-state index < -0.39 is 0 Å². The first-order chi connectivity index (χ1) is 3.63. The molecule has 0 aliphatic heterocycles. The number of rotatable bonds is 3. The topological polar surface area (TPSA) is 53.5 Å². The molecule has 3 N–H and O–H groups in total. The van der Waals surface area contributed by atoms with Gasteiger partial charge in [0.05, 0.1) is 12.2 Å². The molecule has 0 saturated heterocycles. The third-order valence-electron chi connectivity index (χ3n) is 0.440. The van der Waals surface area contributed by atoms with E-state index in [9.17, 15) is 0 Å². The van der Waals surface area contributed by atoms with E-state index in [2.05, 4.69) is 0 Å². The van der Waals surface area contributed by atoms with Gasteiger partial charge >= 0.3 is 0 Å². The van der Waals surface area contributed by atoms with Gasteiger partial charge in [0.1, 0.15) is 0 Å². The summed E-state index contributed by atoms with van der Waals surface area (Å²) in [5.41, 5.74) is 0. The van der Waals surface area contributed by atoms with E-state index >= 15 is 0 Å². The van der Waals surface area contributed by atoms with E-state index in [0.29, 0.717) is 0 Å². The van der Waals surface area contributed by atoms with E-state index in [1.165, 1.54) is 0 Å². The normalized spacial score (nSPS) is 10.0. The summed E-state index contributed by atoms with van der Waals surface area (Å²) >= 11 is 0. The van der Waals surface area contributed by atoms with Gasteiger partial charge in [0, 0.05) is 0 Å². The first kappa shape index (κ1) is 11.6. The van der Waals surface area contributed by atoms with Crippen molar-refractivity contribution in [2.75, 3.05) is 0 Å². The Balaban J connectivity index is 0. The Morgan fingerprint density at radius 2 is 1.00 bits per heavy atom. The van der Waals surface area contributed by atoms with E-state index in [1.807, 2.05) is 27.7 Å². The van der Waals surface area contributed by atoms with E-state index in [0.717, 1.165) is 0 Å². The summed E-state index contributed by atoms with van der Waals surface area (Å²) in [7, 11) is 0. The van der Waals surface area contributed by atoms with Crippen LogP contribution in [-0.4, -0.2) is 12.2 Å². The highest BCUT2D eigenvalue weighted by molar-refractivity contribution is 4.30. The second kappa shape index (κ2) is 6.01. The molecule has 0 aromatic heterocycles. The zero-order valence-corrected chi connectivity index (χ0v) is 6.68. The molecule has 3 heteroatoms. The zero-order chi connectivity index (χ0) is 6.57. The Labute approximate surface area is 56.9 Å². The molecule has 0 unspecified atom stereocenters. The zero-order valence-electron chi connectivity index (χ0n) is 6.68. The van der Waals surface area contributed by atoms with Crippen molar-refractivity contribution in [3.8, 4) is 0 Å². The average Bonchev–Trinajstić information content (AvgIpc) is 1.61. The van der Waals surface area contributed by atoms with Crippen LogP contribution in [0.4, 0.5) is 0 Å². The molecule has 0 radical (unpaired) electrons. The van der Waals surface area contributed by atoms with Gasteiger partial charge in [0.2, 0.25) is 0 Å². The summed E-state index contributed by atoms with van der Waals surface area (Å²) in [6.07, 6.45) is 0.329. The van der Waals surface area contributed by atoms with Crippen molar-refractivity contribution in [1.82, 2.24) is 6.15 Å². The highest BCUT2D eigenvalue weighted by atomic mass is 17.2. The van der Waals surface area contributed by atoms with Crippen LogP contribution in [0.5, 0.6) is 0 Å². The quantitative estimate of drug-likeness (QED) is 0.475. The van der Waals surface area contributed by atoms with E-state index in [-0.39, 0.29) is 18.4 Å². The molecule has 0 saturated carbocycles. The molecule has 0 atom stereocenters. The van der Waals surface area contributed by atoms with Gasteiger partial charge in [-0.15, -0.1) is 0 Å². The molecule has 0 aromatic carbocycles. The van der Waals surface area contributed by atoms with Crippen molar-refractivity contribution in [2.45, 2.75) is 39.9 Å². The predicted octanol–water partition coefficient (Wildman–Crippen LogP) is 1.91. The minimum atomic E-state index is 0. The summed E-state index contributed by atoms with van der Waals surface area (Å²) < 4.78 is 0. The van der Waals surface area contributed by atoms with Crippen LogP contribution in [0, 0.1) is 0 Å². The summed E-state index contributed by atoms with van der Waals surface area (Å²) in [6.45, 7) is 7.73. The first-order valence-electron chi connectivity index (χ1n) is 2.95. The van der Waals surface area contributed by atoms with Gasteiger partial charge in [-0.3, -0.25) is 0 Å². The molecule has 0 bridgehead atoms. The monoisotopic (exact) mass is 135 g/mol. The van der Waals surface area contributed by atoms with Crippen LogP contribution in [0.25, 0.3) is 0 Å². The standard InChI is InChI=1S/C6H14O2.H3N/c1-5(2)7-8-6(3)4;/h5-6H,1-4H3;1H3. The van der Waals surface area contributed by atoms with Crippen LogP contribution < -0.4 is 6.15 Å². The van der Waals surface area contributed by atoms with Gasteiger partial charge in [-0.25, -0.2) is 9.78 Å². The van der Waals surface area contributed by atoms with Crippen LogP contribution >= 0.6 is 0 Å². The molecule has 58 valence electrons. The summed E-state index contributed by atoms with van der Waals surface area (Å²) in [4.78, 5) is 9.61. The molecular formula is C6H17NO2. The van der Waals surface area contributed by atoms with Crippen molar-refractivity contribution in [3.05, 3.63) is 0 Å². The molecular weight excluding hydrogens is 118 g/mol. The van der Waals surface area contributed by atoms with Crippen molar-refractivity contribution in [3.63, 3.8) is 0 Å². The van der Waals surface area contributed by atoms with E-state index in [4.69, 9.17) is 9.78 Å². The van der Waals surface area contributed by atoms with Gasteiger partial charge in [0.25, 0.3) is 0 Å². The SMILES string of the molecule is CC(C)OOC(C)C.N. The average molecular weight is 135 g/mol. The van der Waals surface area contributed by atoms with Crippen molar-refractivity contribution >= 4 is 0 Å². The van der Waals surface area contributed by atoms with Crippen LogP contribution in [0.3, 0.4) is 0 Å². The van der Waals surface area contributed by atoms with Crippen molar-refractivity contribution < 1.29 is 9.78 Å². The largest absolute Gasteiger partial charge is 0.344 e. The molecule has 0 aliphatic carbocycles. The van der Waals surface area contributed by atoms with Gasteiger partial charge in [0.15, 0.2) is 0 Å². The third-order valence-corrected chi connectivity index (χ3v) is 0.440. The molecule has 0 fully saturated rings. The second-order valence-corrected chi connectivity index (χ2v) is 2.29. The fraction of sp³-hybridized carbons (Fsp3) is 1.00. The lowest BCUT2D eigenvalue weighted by Gasteiger charge is -2.08. The Morgan fingerprint density at radius 1 is 0.778 bits per heavy atom. The summed E-state index contributed by atoms with van der Waals surface area (Å²) in [6, 6.07) is 0. The number of hydrogen-bond acceptors (Lipinski definition) is 3. The molecule has 9 heavy (non-hydrogen) atoms. The summed E-state index contributed by atoms with van der Waals surface area (Å²) in [5, 5.41) is 0. The smallest absolute Gasteiger partial charge is 0.0874 e. The fourth-order valence-electron chi connectivity index (χ4n) is 0.222. The van der Waals surface area contributed by atoms with Crippen LogP contribution in [0.1, 0.15) is 27.7 Å². The van der Waals surface area contributed by atoms with Gasteiger partial charge in [-0.2, -0.15) is 0 Å². The minimum absolute atomic E-state index is 0. The highest BCUT2D eigenvalue weighted by Gasteiger charge is 1.95. The molecule has 3 nitrogen and oxygen atoms in total. The lowest BCUT2D eigenvalue weighted by Crippen LogP contribution is -2.08. The fourth-order valence-corrected chi connectivity index (χ4v) is 0.222. The molecule has 0 aromatic rings. The van der Waals surface area contributed by atoms with Crippen molar-refractivity contribution in [1.29, 1.82) is 0 Å². The van der Waals surface area contributed by atoms with Crippen molar-refractivity contribution in [2.24, 2.45) is 0 Å². The molecule has 0 spiro atoms. The Hall–Kier alpha value is -0.120. The number of hydrogen-bond donors (Lipinski definition) is 1. The maximum Gasteiger partial charge on any atom is 0.0874 e.